The smallest absolute Gasteiger partial charge is 0.193 e. The van der Waals surface area contributed by atoms with Crippen molar-refractivity contribution in [1.82, 2.24) is 15.2 Å². The Bertz CT molecular complexity index is 568. The number of aromatic nitrogens is 1. The van der Waals surface area contributed by atoms with Crippen LogP contribution < -0.4 is 5.32 Å². The van der Waals surface area contributed by atoms with E-state index in [0.29, 0.717) is 0 Å². The lowest BCUT2D eigenvalue weighted by molar-refractivity contribution is 0.477. The minimum Gasteiger partial charge on any atom is -0.351 e. The lowest BCUT2D eigenvalue weighted by atomic mass is 10.2. The highest BCUT2D eigenvalue weighted by Gasteiger charge is 2.07. The molecule has 2 rings (SSSR count). The molecule has 0 aliphatic carbocycles. The molecular weight excluding hydrogens is 395 g/mol. The van der Waals surface area contributed by atoms with E-state index in [9.17, 15) is 0 Å². The van der Waals surface area contributed by atoms with E-state index in [-0.39, 0.29) is 24.0 Å². The number of hydrogen-bond donors (Lipinski definition) is 1. The van der Waals surface area contributed by atoms with Crippen LogP contribution in [0.15, 0.2) is 41.5 Å². The first-order valence-corrected chi connectivity index (χ1v) is 7.37. The molecule has 1 aromatic heterocycles. The zero-order valence-corrected chi connectivity index (χ0v) is 15.7. The van der Waals surface area contributed by atoms with Crippen LogP contribution >= 0.6 is 35.3 Å². The highest BCUT2D eigenvalue weighted by molar-refractivity contribution is 14.0. The van der Waals surface area contributed by atoms with Crippen LogP contribution in [-0.4, -0.2) is 29.9 Å². The summed E-state index contributed by atoms with van der Waals surface area (Å²) in [4.78, 5) is 11.9. The van der Waals surface area contributed by atoms with Crippen molar-refractivity contribution in [2.24, 2.45) is 4.99 Å². The fourth-order valence-electron chi connectivity index (χ4n) is 1.97. The second-order valence-electron chi connectivity index (χ2n) is 4.59. The van der Waals surface area contributed by atoms with Crippen LogP contribution in [0.2, 0.25) is 0 Å². The van der Waals surface area contributed by atoms with Gasteiger partial charge in [0.05, 0.1) is 11.6 Å². The molecule has 1 aromatic carbocycles. The minimum absolute atomic E-state index is 0. The Morgan fingerprint density at radius 2 is 2.05 bits per heavy atom. The SMILES string of the molecule is CN=C(NCc1cnc(C)s1)N(C)Cc1ccccc1.I. The van der Waals surface area contributed by atoms with Crippen LogP contribution in [0.25, 0.3) is 0 Å². The van der Waals surface area contributed by atoms with Crippen molar-refractivity contribution in [2.75, 3.05) is 14.1 Å². The summed E-state index contributed by atoms with van der Waals surface area (Å²) in [6.07, 6.45) is 1.91. The Balaban J connectivity index is 0.00000220. The zero-order valence-electron chi connectivity index (χ0n) is 12.5. The van der Waals surface area contributed by atoms with Crippen LogP contribution in [0, 0.1) is 6.92 Å². The molecule has 0 bridgehead atoms. The minimum atomic E-state index is 0. The third-order valence-corrected chi connectivity index (χ3v) is 3.84. The molecule has 0 unspecified atom stereocenters. The fourth-order valence-corrected chi connectivity index (χ4v) is 2.70. The molecule has 0 aliphatic heterocycles. The zero-order chi connectivity index (χ0) is 14.4. The predicted octanol–water partition coefficient (Wildman–Crippen LogP) is 3.28. The van der Waals surface area contributed by atoms with E-state index >= 15 is 0 Å². The van der Waals surface area contributed by atoms with Crippen molar-refractivity contribution in [3.63, 3.8) is 0 Å². The highest BCUT2D eigenvalue weighted by Crippen LogP contribution is 2.11. The molecule has 0 fully saturated rings. The van der Waals surface area contributed by atoms with Gasteiger partial charge in [-0.2, -0.15) is 0 Å². The Kier molecular flexibility index (Phi) is 7.66. The summed E-state index contributed by atoms with van der Waals surface area (Å²) in [6, 6.07) is 10.4. The third kappa shape index (κ3) is 5.62. The standard InChI is InChI=1S/C15H20N4S.HI/c1-12-17-9-14(20-12)10-18-15(16-2)19(3)11-13-7-5-4-6-8-13;/h4-9H,10-11H2,1-3H3,(H,16,18);1H. The summed E-state index contributed by atoms with van der Waals surface area (Å²) < 4.78 is 0. The molecule has 0 radical (unpaired) electrons. The highest BCUT2D eigenvalue weighted by atomic mass is 127. The van der Waals surface area contributed by atoms with Gasteiger partial charge in [-0.25, -0.2) is 4.98 Å². The Hall–Kier alpha value is -1.15. The summed E-state index contributed by atoms with van der Waals surface area (Å²) in [6.45, 7) is 3.62. The Labute approximate surface area is 147 Å². The number of nitrogens with zero attached hydrogens (tertiary/aromatic N) is 3. The van der Waals surface area contributed by atoms with Gasteiger partial charge in [-0.1, -0.05) is 30.3 Å². The van der Waals surface area contributed by atoms with Crippen molar-refractivity contribution >= 4 is 41.3 Å². The van der Waals surface area contributed by atoms with Crippen molar-refractivity contribution in [3.05, 3.63) is 52.0 Å². The van der Waals surface area contributed by atoms with Gasteiger partial charge in [0.15, 0.2) is 5.96 Å². The van der Waals surface area contributed by atoms with Gasteiger partial charge in [0, 0.05) is 31.7 Å². The van der Waals surface area contributed by atoms with Crippen molar-refractivity contribution in [1.29, 1.82) is 0 Å². The predicted molar refractivity (Wildman–Crippen MR) is 100 cm³/mol. The second-order valence-corrected chi connectivity index (χ2v) is 5.91. The fraction of sp³-hybridized carbons (Fsp3) is 0.333. The number of thiazole rings is 1. The van der Waals surface area contributed by atoms with E-state index in [1.807, 2.05) is 33.3 Å². The molecule has 0 atom stereocenters. The molecule has 4 nitrogen and oxygen atoms in total. The van der Waals surface area contributed by atoms with Crippen molar-refractivity contribution in [3.8, 4) is 0 Å². The molecule has 0 saturated heterocycles. The van der Waals surface area contributed by atoms with Gasteiger partial charge in [-0.3, -0.25) is 4.99 Å². The molecule has 21 heavy (non-hydrogen) atoms. The average molecular weight is 416 g/mol. The lowest BCUT2D eigenvalue weighted by Gasteiger charge is -2.21. The van der Waals surface area contributed by atoms with Gasteiger partial charge in [-0.05, 0) is 12.5 Å². The summed E-state index contributed by atoms with van der Waals surface area (Å²) >= 11 is 1.71. The quantitative estimate of drug-likeness (QED) is 0.473. The summed E-state index contributed by atoms with van der Waals surface area (Å²) in [5, 5.41) is 4.46. The summed E-state index contributed by atoms with van der Waals surface area (Å²) in [5.74, 6) is 0.889. The van der Waals surface area contributed by atoms with Crippen LogP contribution in [-0.2, 0) is 13.1 Å². The number of guanidine groups is 1. The van der Waals surface area contributed by atoms with E-state index in [1.165, 1.54) is 10.4 Å². The van der Waals surface area contributed by atoms with Gasteiger partial charge in [0.25, 0.3) is 0 Å². The van der Waals surface area contributed by atoms with Gasteiger partial charge < -0.3 is 10.2 Å². The number of nitrogens with one attached hydrogen (secondary N) is 1. The largest absolute Gasteiger partial charge is 0.351 e. The van der Waals surface area contributed by atoms with Crippen LogP contribution in [0.4, 0.5) is 0 Å². The van der Waals surface area contributed by atoms with Gasteiger partial charge in [-0.15, -0.1) is 35.3 Å². The van der Waals surface area contributed by atoms with E-state index in [2.05, 4.69) is 44.5 Å². The Morgan fingerprint density at radius 1 is 1.33 bits per heavy atom. The number of aryl methyl sites for hydroxylation is 1. The molecule has 6 heteroatoms. The van der Waals surface area contributed by atoms with Crippen molar-refractivity contribution in [2.45, 2.75) is 20.0 Å². The summed E-state index contributed by atoms with van der Waals surface area (Å²) in [5.41, 5.74) is 1.27. The normalized spacial score (nSPS) is 10.9. The first kappa shape index (κ1) is 17.9. The number of hydrogen-bond acceptors (Lipinski definition) is 3. The maximum absolute atomic E-state index is 4.32. The van der Waals surface area contributed by atoms with Crippen LogP contribution in [0.1, 0.15) is 15.4 Å². The topological polar surface area (TPSA) is 40.5 Å². The molecule has 114 valence electrons. The average Bonchev–Trinajstić information content (AvgIpc) is 2.86. The van der Waals surface area contributed by atoms with Crippen molar-refractivity contribution < 1.29 is 0 Å². The first-order valence-electron chi connectivity index (χ1n) is 6.56. The van der Waals surface area contributed by atoms with Gasteiger partial charge in [0.1, 0.15) is 0 Å². The van der Waals surface area contributed by atoms with Crippen LogP contribution in [0.3, 0.4) is 0 Å². The number of rotatable bonds is 4. The van der Waals surface area contributed by atoms with E-state index in [1.54, 1.807) is 11.3 Å². The second kappa shape index (κ2) is 8.99. The monoisotopic (exact) mass is 416 g/mol. The molecule has 1 heterocycles. The Morgan fingerprint density at radius 3 is 2.62 bits per heavy atom. The number of aliphatic imine (C=N–C) groups is 1. The molecular formula is C15H21IN4S. The van der Waals surface area contributed by atoms with E-state index in [0.717, 1.165) is 24.1 Å². The lowest BCUT2D eigenvalue weighted by Crippen LogP contribution is -2.37. The maximum Gasteiger partial charge on any atom is 0.193 e. The molecule has 1 N–H and O–H groups in total. The third-order valence-electron chi connectivity index (χ3n) is 2.93. The van der Waals surface area contributed by atoms with Gasteiger partial charge in [0.2, 0.25) is 0 Å². The van der Waals surface area contributed by atoms with E-state index < -0.39 is 0 Å². The molecule has 0 amide bonds. The molecule has 0 saturated carbocycles. The molecule has 0 aliphatic rings. The summed E-state index contributed by atoms with van der Waals surface area (Å²) in [7, 11) is 3.85. The van der Waals surface area contributed by atoms with Gasteiger partial charge >= 0.3 is 0 Å². The van der Waals surface area contributed by atoms with E-state index in [4.69, 9.17) is 0 Å². The number of benzene rings is 1. The maximum atomic E-state index is 4.32. The first-order chi connectivity index (χ1) is 9.69. The molecule has 0 spiro atoms. The molecule has 2 aromatic rings. The van der Waals surface area contributed by atoms with Crippen LogP contribution in [0.5, 0.6) is 0 Å². The number of halogens is 1.